The van der Waals surface area contributed by atoms with Crippen molar-refractivity contribution in [3.05, 3.63) is 121 Å². The molecule has 0 unspecified atom stereocenters. The van der Waals surface area contributed by atoms with E-state index in [0.29, 0.717) is 44.2 Å². The summed E-state index contributed by atoms with van der Waals surface area (Å²) < 4.78 is 0. The van der Waals surface area contributed by atoms with Crippen LogP contribution in [-0.4, -0.2) is 20.4 Å². The Morgan fingerprint density at radius 1 is 0.342 bits per heavy atom. The van der Waals surface area contributed by atoms with Gasteiger partial charge in [-0.25, -0.2) is 0 Å². The second-order valence-corrected chi connectivity index (χ2v) is 9.16. The number of aromatic hydroxyl groups is 4. The summed E-state index contributed by atoms with van der Waals surface area (Å²) in [4.78, 5) is 0. The van der Waals surface area contributed by atoms with E-state index in [-0.39, 0.29) is 23.0 Å². The first-order chi connectivity index (χ1) is 18.5. The van der Waals surface area contributed by atoms with Crippen molar-refractivity contribution < 1.29 is 20.4 Å². The zero-order chi connectivity index (χ0) is 26.2. The van der Waals surface area contributed by atoms with E-state index in [2.05, 4.69) is 0 Å². The minimum absolute atomic E-state index is 0.00741. The molecule has 0 saturated heterocycles. The fourth-order valence-corrected chi connectivity index (χ4v) is 5.08. The van der Waals surface area contributed by atoms with E-state index in [1.54, 1.807) is 48.5 Å². The van der Waals surface area contributed by atoms with E-state index in [1.165, 1.54) is 0 Å². The molecule has 4 nitrogen and oxygen atoms in total. The molecule has 0 radical (unpaired) electrons. The molecule has 6 aromatic rings. The van der Waals surface area contributed by atoms with Crippen LogP contribution in [0.15, 0.2) is 121 Å². The van der Waals surface area contributed by atoms with Crippen LogP contribution in [0.2, 0.25) is 0 Å². The number of fused-ring (bicyclic) bond motifs is 1. The Balaban J connectivity index is 1.68. The third-order valence-electron chi connectivity index (χ3n) is 6.92. The summed E-state index contributed by atoms with van der Waals surface area (Å²) in [7, 11) is 0. The van der Waals surface area contributed by atoms with Crippen molar-refractivity contribution in [2.24, 2.45) is 0 Å². The molecule has 184 valence electrons. The van der Waals surface area contributed by atoms with Crippen LogP contribution in [0.3, 0.4) is 0 Å². The van der Waals surface area contributed by atoms with Crippen LogP contribution in [0, 0.1) is 0 Å². The first-order valence-corrected chi connectivity index (χ1v) is 12.3. The van der Waals surface area contributed by atoms with Crippen molar-refractivity contribution in [3.8, 4) is 67.5 Å². The first-order valence-electron chi connectivity index (χ1n) is 12.3. The van der Waals surface area contributed by atoms with Gasteiger partial charge in [0.05, 0.1) is 0 Å². The summed E-state index contributed by atoms with van der Waals surface area (Å²) in [6, 6.07) is 36.5. The van der Waals surface area contributed by atoms with Crippen molar-refractivity contribution in [1.29, 1.82) is 0 Å². The third kappa shape index (κ3) is 3.80. The average Bonchev–Trinajstić information content (AvgIpc) is 2.96. The number of benzene rings is 6. The van der Waals surface area contributed by atoms with Gasteiger partial charge >= 0.3 is 0 Å². The molecule has 0 saturated carbocycles. The molecule has 4 heteroatoms. The number of phenolic OH excluding ortho intramolecular Hbond substituents is 4. The van der Waals surface area contributed by atoms with Gasteiger partial charge in [-0.3, -0.25) is 0 Å². The predicted octanol–water partition coefficient (Wildman–Crippen LogP) is 8.33. The highest BCUT2D eigenvalue weighted by molar-refractivity contribution is 6.09. The molecule has 0 bridgehead atoms. The SMILES string of the molecule is Oc1ccc(-c2c(-c3cccc(-c4ccccc4)c3O)c(O)c3ccccc3c2O)cc1-c1ccccc1. The van der Waals surface area contributed by atoms with Gasteiger partial charge in [0.15, 0.2) is 0 Å². The van der Waals surface area contributed by atoms with Gasteiger partial charge in [-0.05, 0) is 28.8 Å². The van der Waals surface area contributed by atoms with E-state index in [4.69, 9.17) is 0 Å². The molecule has 0 amide bonds. The van der Waals surface area contributed by atoms with Crippen LogP contribution in [0.1, 0.15) is 0 Å². The molecule has 0 aliphatic heterocycles. The van der Waals surface area contributed by atoms with Gasteiger partial charge in [0, 0.05) is 38.6 Å². The number of hydrogen-bond donors (Lipinski definition) is 4. The molecule has 4 N–H and O–H groups in total. The van der Waals surface area contributed by atoms with Crippen LogP contribution in [0.5, 0.6) is 23.0 Å². The van der Waals surface area contributed by atoms with Gasteiger partial charge in [0.1, 0.15) is 23.0 Å². The summed E-state index contributed by atoms with van der Waals surface area (Å²) in [5.41, 5.74) is 4.47. The second-order valence-electron chi connectivity index (χ2n) is 9.16. The molecule has 6 aromatic carbocycles. The van der Waals surface area contributed by atoms with Crippen molar-refractivity contribution >= 4 is 10.8 Å². The second kappa shape index (κ2) is 9.34. The number of rotatable bonds is 4. The molecule has 38 heavy (non-hydrogen) atoms. The Bertz CT molecular complexity index is 1790. The van der Waals surface area contributed by atoms with Crippen molar-refractivity contribution in [2.75, 3.05) is 0 Å². The van der Waals surface area contributed by atoms with Crippen molar-refractivity contribution in [3.63, 3.8) is 0 Å². The molecule has 0 aliphatic rings. The van der Waals surface area contributed by atoms with E-state index in [9.17, 15) is 20.4 Å². The third-order valence-corrected chi connectivity index (χ3v) is 6.92. The van der Waals surface area contributed by atoms with Crippen molar-refractivity contribution in [2.45, 2.75) is 0 Å². The fourth-order valence-electron chi connectivity index (χ4n) is 5.08. The van der Waals surface area contributed by atoms with Crippen LogP contribution < -0.4 is 0 Å². The number of phenols is 4. The van der Waals surface area contributed by atoms with Gasteiger partial charge in [-0.1, -0.05) is 109 Å². The highest BCUT2D eigenvalue weighted by Crippen LogP contribution is 2.53. The van der Waals surface area contributed by atoms with Gasteiger partial charge in [0.2, 0.25) is 0 Å². The van der Waals surface area contributed by atoms with Crippen LogP contribution in [0.25, 0.3) is 55.3 Å². The summed E-state index contributed by atoms with van der Waals surface area (Å²) >= 11 is 0. The minimum atomic E-state index is -0.0525. The lowest BCUT2D eigenvalue weighted by Crippen LogP contribution is -1.93. The molecule has 0 aliphatic carbocycles. The molecule has 0 atom stereocenters. The minimum Gasteiger partial charge on any atom is -0.507 e. The Hall–Kier alpha value is -5.22. The lowest BCUT2D eigenvalue weighted by molar-refractivity contribution is 0.468. The monoisotopic (exact) mass is 496 g/mol. The summed E-state index contributed by atoms with van der Waals surface area (Å²) in [6.07, 6.45) is 0. The molecular weight excluding hydrogens is 472 g/mol. The summed E-state index contributed by atoms with van der Waals surface area (Å²) in [5, 5.41) is 46.4. The zero-order valence-electron chi connectivity index (χ0n) is 20.3. The van der Waals surface area contributed by atoms with Gasteiger partial charge in [-0.15, -0.1) is 0 Å². The topological polar surface area (TPSA) is 80.9 Å². The van der Waals surface area contributed by atoms with Crippen LogP contribution >= 0.6 is 0 Å². The highest BCUT2D eigenvalue weighted by atomic mass is 16.3. The number of hydrogen-bond acceptors (Lipinski definition) is 4. The quantitative estimate of drug-likeness (QED) is 0.185. The van der Waals surface area contributed by atoms with Crippen molar-refractivity contribution in [1.82, 2.24) is 0 Å². The maximum absolute atomic E-state index is 11.6. The molecule has 0 spiro atoms. The first kappa shape index (κ1) is 23.2. The summed E-state index contributed by atoms with van der Waals surface area (Å²) in [6.45, 7) is 0. The molecular formula is C34H24O4. The maximum Gasteiger partial charge on any atom is 0.132 e. The van der Waals surface area contributed by atoms with E-state index in [0.717, 1.165) is 11.1 Å². The van der Waals surface area contributed by atoms with E-state index >= 15 is 0 Å². The molecule has 0 aromatic heterocycles. The van der Waals surface area contributed by atoms with Gasteiger partial charge < -0.3 is 20.4 Å². The van der Waals surface area contributed by atoms with Gasteiger partial charge in [-0.2, -0.15) is 0 Å². The Labute approximate surface area is 220 Å². The molecule has 6 rings (SSSR count). The zero-order valence-corrected chi connectivity index (χ0v) is 20.3. The van der Waals surface area contributed by atoms with E-state index < -0.39 is 0 Å². The Morgan fingerprint density at radius 3 is 1.50 bits per heavy atom. The Kier molecular flexibility index (Phi) is 5.70. The van der Waals surface area contributed by atoms with Crippen LogP contribution in [-0.2, 0) is 0 Å². The fraction of sp³-hybridized carbons (Fsp3) is 0. The molecule has 0 fully saturated rings. The lowest BCUT2D eigenvalue weighted by atomic mass is 9.86. The smallest absolute Gasteiger partial charge is 0.132 e. The van der Waals surface area contributed by atoms with E-state index in [1.807, 2.05) is 72.8 Å². The maximum atomic E-state index is 11.6. The largest absolute Gasteiger partial charge is 0.507 e. The number of para-hydroxylation sites is 1. The standard InChI is InChI=1S/C34H24O4/c35-29-19-18-23(20-28(29)22-12-5-2-6-13-22)30-31(34(38)26-15-8-7-14-25(26)33(30)37)27-17-9-16-24(32(27)36)21-10-3-1-4-11-21/h1-20,35-38H. The van der Waals surface area contributed by atoms with Gasteiger partial charge in [0.25, 0.3) is 0 Å². The molecule has 0 heterocycles. The van der Waals surface area contributed by atoms with Crippen LogP contribution in [0.4, 0.5) is 0 Å². The predicted molar refractivity (Wildman–Crippen MR) is 152 cm³/mol. The normalized spacial score (nSPS) is 11.1. The average molecular weight is 497 g/mol. The Morgan fingerprint density at radius 2 is 0.868 bits per heavy atom. The highest BCUT2D eigenvalue weighted by Gasteiger charge is 2.25. The lowest BCUT2D eigenvalue weighted by Gasteiger charge is -2.20. The summed E-state index contributed by atoms with van der Waals surface area (Å²) in [5.74, 6) is 0.0118.